The summed E-state index contributed by atoms with van der Waals surface area (Å²) in [7, 11) is 2.18. The molecule has 1 saturated heterocycles. The Labute approximate surface area is 116 Å². The molecule has 0 saturated carbocycles. The Bertz CT molecular complexity index is 363. The zero-order valence-corrected chi connectivity index (χ0v) is 12.2. The van der Waals surface area contributed by atoms with Crippen LogP contribution in [0.1, 0.15) is 25.3 Å². The molecular weight excluding hydrogens is 244 g/mol. The molecule has 1 aromatic rings. The Morgan fingerprint density at radius 3 is 2.67 bits per heavy atom. The summed E-state index contributed by atoms with van der Waals surface area (Å²) in [6, 6.07) is 9.29. The van der Waals surface area contributed by atoms with Gasteiger partial charge in [-0.15, -0.1) is 11.6 Å². The van der Waals surface area contributed by atoms with Gasteiger partial charge in [0.1, 0.15) is 0 Å². The standard InChI is InChI=1S/C15H23ClN2/c1-3-18-10-4-5-15(18)12-17(2)14-8-6-13(11-16)7-9-14/h6-9,15H,3-5,10-12H2,1-2H3. The third-order valence-electron chi connectivity index (χ3n) is 3.92. The highest BCUT2D eigenvalue weighted by molar-refractivity contribution is 6.17. The molecule has 1 fully saturated rings. The molecule has 0 N–H and O–H groups in total. The molecule has 1 aliphatic rings. The highest BCUT2D eigenvalue weighted by atomic mass is 35.5. The van der Waals surface area contributed by atoms with Crippen LogP contribution in [0.2, 0.25) is 0 Å². The molecule has 0 amide bonds. The van der Waals surface area contributed by atoms with Gasteiger partial charge in [0, 0.05) is 31.2 Å². The van der Waals surface area contributed by atoms with Gasteiger partial charge in [0.15, 0.2) is 0 Å². The maximum Gasteiger partial charge on any atom is 0.0474 e. The molecule has 0 aromatic heterocycles. The monoisotopic (exact) mass is 266 g/mol. The number of benzene rings is 1. The fourth-order valence-corrected chi connectivity index (χ4v) is 2.96. The summed E-state index contributed by atoms with van der Waals surface area (Å²) in [6.07, 6.45) is 2.68. The molecule has 1 heterocycles. The minimum absolute atomic E-state index is 0.593. The molecule has 0 spiro atoms. The Morgan fingerprint density at radius 2 is 2.06 bits per heavy atom. The molecule has 2 nitrogen and oxygen atoms in total. The molecule has 2 rings (SSSR count). The predicted molar refractivity (Wildman–Crippen MR) is 79.5 cm³/mol. The number of alkyl halides is 1. The largest absolute Gasteiger partial charge is 0.373 e. The Kier molecular flexibility index (Phi) is 4.90. The maximum absolute atomic E-state index is 5.81. The van der Waals surface area contributed by atoms with Crippen molar-refractivity contribution in [3.8, 4) is 0 Å². The van der Waals surface area contributed by atoms with Gasteiger partial charge >= 0.3 is 0 Å². The SMILES string of the molecule is CCN1CCCC1CN(C)c1ccc(CCl)cc1. The van der Waals surface area contributed by atoms with Crippen molar-refractivity contribution in [2.75, 3.05) is 31.6 Å². The van der Waals surface area contributed by atoms with Crippen molar-refractivity contribution in [2.45, 2.75) is 31.7 Å². The van der Waals surface area contributed by atoms with E-state index in [0.717, 1.165) is 6.54 Å². The first-order chi connectivity index (χ1) is 8.74. The van der Waals surface area contributed by atoms with Crippen LogP contribution in [0.15, 0.2) is 24.3 Å². The van der Waals surface area contributed by atoms with E-state index in [2.05, 4.69) is 48.0 Å². The van der Waals surface area contributed by atoms with Crippen LogP contribution in [-0.4, -0.2) is 37.6 Å². The minimum Gasteiger partial charge on any atom is -0.373 e. The molecule has 100 valence electrons. The number of halogens is 1. The summed E-state index contributed by atoms with van der Waals surface area (Å²) in [5.41, 5.74) is 2.47. The number of anilines is 1. The highest BCUT2D eigenvalue weighted by Crippen LogP contribution is 2.21. The Morgan fingerprint density at radius 1 is 1.33 bits per heavy atom. The smallest absolute Gasteiger partial charge is 0.0474 e. The second kappa shape index (κ2) is 6.44. The van der Waals surface area contributed by atoms with Gasteiger partial charge in [-0.05, 0) is 43.6 Å². The molecule has 0 radical (unpaired) electrons. The molecule has 1 unspecified atom stereocenters. The van der Waals surface area contributed by atoms with Gasteiger partial charge < -0.3 is 4.90 Å². The third kappa shape index (κ3) is 3.18. The predicted octanol–water partition coefficient (Wildman–Crippen LogP) is 3.35. The van der Waals surface area contributed by atoms with E-state index in [0.29, 0.717) is 11.9 Å². The van der Waals surface area contributed by atoms with Gasteiger partial charge in [0.05, 0.1) is 0 Å². The van der Waals surface area contributed by atoms with E-state index in [-0.39, 0.29) is 0 Å². The van der Waals surface area contributed by atoms with Crippen molar-refractivity contribution in [3.63, 3.8) is 0 Å². The Hall–Kier alpha value is -0.730. The second-order valence-corrected chi connectivity index (χ2v) is 5.37. The number of nitrogens with zero attached hydrogens (tertiary/aromatic N) is 2. The summed E-state index contributed by atoms with van der Waals surface area (Å²) < 4.78 is 0. The van der Waals surface area contributed by atoms with Crippen molar-refractivity contribution >= 4 is 17.3 Å². The number of rotatable bonds is 5. The van der Waals surface area contributed by atoms with Crippen molar-refractivity contribution in [2.24, 2.45) is 0 Å². The van der Waals surface area contributed by atoms with Crippen LogP contribution in [0, 0.1) is 0 Å². The van der Waals surface area contributed by atoms with E-state index in [1.165, 1.54) is 37.2 Å². The summed E-state index contributed by atoms with van der Waals surface area (Å²) in [5.74, 6) is 0.593. The average molecular weight is 267 g/mol. The summed E-state index contributed by atoms with van der Waals surface area (Å²) in [5, 5.41) is 0. The first kappa shape index (κ1) is 13.7. The third-order valence-corrected chi connectivity index (χ3v) is 4.23. The quantitative estimate of drug-likeness (QED) is 0.754. The van der Waals surface area contributed by atoms with E-state index >= 15 is 0 Å². The van der Waals surface area contributed by atoms with Crippen LogP contribution >= 0.6 is 11.6 Å². The lowest BCUT2D eigenvalue weighted by molar-refractivity contribution is 0.270. The van der Waals surface area contributed by atoms with Crippen molar-refractivity contribution < 1.29 is 0 Å². The highest BCUT2D eigenvalue weighted by Gasteiger charge is 2.23. The first-order valence-electron chi connectivity index (χ1n) is 6.84. The first-order valence-corrected chi connectivity index (χ1v) is 7.38. The van der Waals surface area contributed by atoms with E-state index in [1.807, 2.05) is 0 Å². The van der Waals surface area contributed by atoms with Gasteiger partial charge in [-0.1, -0.05) is 19.1 Å². The van der Waals surface area contributed by atoms with Crippen LogP contribution in [0.4, 0.5) is 5.69 Å². The number of likely N-dealkylation sites (N-methyl/N-ethyl adjacent to an activating group) is 2. The van der Waals surface area contributed by atoms with E-state index in [1.54, 1.807) is 0 Å². The Balaban J connectivity index is 1.95. The van der Waals surface area contributed by atoms with E-state index < -0.39 is 0 Å². The topological polar surface area (TPSA) is 6.48 Å². The maximum atomic E-state index is 5.81. The second-order valence-electron chi connectivity index (χ2n) is 5.11. The lowest BCUT2D eigenvalue weighted by Crippen LogP contribution is -2.38. The van der Waals surface area contributed by atoms with Crippen LogP contribution in [-0.2, 0) is 5.88 Å². The number of likely N-dealkylation sites (tertiary alicyclic amines) is 1. The van der Waals surface area contributed by atoms with Crippen LogP contribution in [0.25, 0.3) is 0 Å². The van der Waals surface area contributed by atoms with Crippen molar-refractivity contribution in [1.29, 1.82) is 0 Å². The van der Waals surface area contributed by atoms with Crippen LogP contribution < -0.4 is 4.90 Å². The van der Waals surface area contributed by atoms with Crippen LogP contribution in [0.5, 0.6) is 0 Å². The normalized spacial score (nSPS) is 20.3. The van der Waals surface area contributed by atoms with Gasteiger partial charge in [-0.2, -0.15) is 0 Å². The van der Waals surface area contributed by atoms with Gasteiger partial charge in [0.2, 0.25) is 0 Å². The van der Waals surface area contributed by atoms with Gasteiger partial charge in [-0.3, -0.25) is 4.90 Å². The molecule has 1 aromatic carbocycles. The minimum atomic E-state index is 0.593. The molecule has 0 aliphatic carbocycles. The van der Waals surface area contributed by atoms with Gasteiger partial charge in [0.25, 0.3) is 0 Å². The molecule has 18 heavy (non-hydrogen) atoms. The zero-order chi connectivity index (χ0) is 13.0. The fraction of sp³-hybridized carbons (Fsp3) is 0.600. The van der Waals surface area contributed by atoms with E-state index in [4.69, 9.17) is 11.6 Å². The molecular formula is C15H23ClN2. The summed E-state index contributed by atoms with van der Waals surface area (Å²) in [4.78, 5) is 4.94. The van der Waals surface area contributed by atoms with Crippen molar-refractivity contribution in [3.05, 3.63) is 29.8 Å². The zero-order valence-electron chi connectivity index (χ0n) is 11.4. The van der Waals surface area contributed by atoms with Crippen molar-refractivity contribution in [1.82, 2.24) is 4.90 Å². The lowest BCUT2D eigenvalue weighted by atomic mass is 10.1. The molecule has 1 atom stereocenters. The molecule has 1 aliphatic heterocycles. The number of hydrogen-bond donors (Lipinski definition) is 0. The fourth-order valence-electron chi connectivity index (χ4n) is 2.78. The summed E-state index contributed by atoms with van der Waals surface area (Å²) >= 11 is 5.81. The number of hydrogen-bond acceptors (Lipinski definition) is 2. The van der Waals surface area contributed by atoms with E-state index in [9.17, 15) is 0 Å². The summed E-state index contributed by atoms with van der Waals surface area (Å²) in [6.45, 7) is 5.81. The lowest BCUT2D eigenvalue weighted by Gasteiger charge is -2.29. The molecule has 0 bridgehead atoms. The molecule has 3 heteroatoms. The van der Waals surface area contributed by atoms with Gasteiger partial charge in [-0.25, -0.2) is 0 Å². The average Bonchev–Trinajstić information content (AvgIpc) is 2.86. The van der Waals surface area contributed by atoms with Crippen LogP contribution in [0.3, 0.4) is 0 Å².